The molecule has 0 bridgehead atoms. The number of benzene rings is 1. The third-order valence-corrected chi connectivity index (χ3v) is 4.05. The molecule has 0 radical (unpaired) electrons. The van der Waals surface area contributed by atoms with E-state index in [9.17, 15) is 4.79 Å². The van der Waals surface area contributed by atoms with E-state index < -0.39 is 0 Å². The Kier molecular flexibility index (Phi) is 6.54. The molecule has 0 spiro atoms. The van der Waals surface area contributed by atoms with Gasteiger partial charge in [-0.05, 0) is 32.4 Å². The van der Waals surface area contributed by atoms with Crippen LogP contribution in [0.4, 0.5) is 0 Å². The molecule has 5 nitrogen and oxygen atoms in total. The van der Waals surface area contributed by atoms with E-state index in [1.807, 2.05) is 25.7 Å². The summed E-state index contributed by atoms with van der Waals surface area (Å²) in [6, 6.07) is 3.56. The molecular weight excluding hydrogens is 316 g/mol. The topological polar surface area (TPSA) is 50.8 Å². The number of nitrogens with zero attached hydrogens (tertiary/aromatic N) is 1. The third-order valence-electron chi connectivity index (χ3n) is 3.77. The summed E-state index contributed by atoms with van der Waals surface area (Å²) in [5, 5.41) is 3.69. The van der Waals surface area contributed by atoms with Gasteiger partial charge >= 0.3 is 0 Å². The lowest BCUT2D eigenvalue weighted by atomic mass is 10.1. The van der Waals surface area contributed by atoms with Crippen LogP contribution in [0.1, 0.15) is 37.6 Å². The Bertz CT molecular complexity index is 551. The molecule has 6 heteroatoms. The second-order valence-electron chi connectivity index (χ2n) is 5.62. The minimum Gasteiger partial charge on any atom is -0.490 e. The summed E-state index contributed by atoms with van der Waals surface area (Å²) in [6.07, 6.45) is 0.876. The highest BCUT2D eigenvalue weighted by atomic mass is 35.5. The Hall–Kier alpha value is -1.46. The number of ether oxygens (including phenoxy) is 2. The zero-order chi connectivity index (χ0) is 16.8. The second-order valence-corrected chi connectivity index (χ2v) is 6.03. The molecule has 1 N–H and O–H groups in total. The van der Waals surface area contributed by atoms with Crippen molar-refractivity contribution in [2.24, 2.45) is 0 Å². The standard InChI is InChI=1S/C17H25ClN2O3/c1-4-8-23-16-14(18)9-13(10-15(16)22-5-2)17(21)20-7-6-19-11-12(20)3/h9-10,12,19H,4-8,11H2,1-3H3. The largest absolute Gasteiger partial charge is 0.490 e. The van der Waals surface area contributed by atoms with E-state index in [1.165, 1.54) is 0 Å². The normalized spacial score (nSPS) is 17.9. The fourth-order valence-electron chi connectivity index (χ4n) is 2.61. The molecule has 0 aliphatic carbocycles. The van der Waals surface area contributed by atoms with E-state index in [2.05, 4.69) is 5.32 Å². The summed E-state index contributed by atoms with van der Waals surface area (Å²) >= 11 is 6.34. The quantitative estimate of drug-likeness (QED) is 0.865. The van der Waals surface area contributed by atoms with Gasteiger partial charge in [0.25, 0.3) is 5.91 Å². The van der Waals surface area contributed by atoms with E-state index >= 15 is 0 Å². The molecule has 1 atom stereocenters. The number of carbonyl (C=O) groups excluding carboxylic acids is 1. The highest BCUT2D eigenvalue weighted by Gasteiger charge is 2.26. The molecule has 1 aromatic rings. The number of piperazine rings is 1. The smallest absolute Gasteiger partial charge is 0.254 e. The molecule has 2 rings (SSSR count). The van der Waals surface area contributed by atoms with Gasteiger partial charge in [-0.2, -0.15) is 0 Å². The number of halogens is 1. The minimum atomic E-state index is -0.0242. The van der Waals surface area contributed by atoms with E-state index in [4.69, 9.17) is 21.1 Å². The second kappa shape index (κ2) is 8.41. The summed E-state index contributed by atoms with van der Waals surface area (Å²) in [7, 11) is 0. The van der Waals surface area contributed by atoms with Gasteiger partial charge in [0.2, 0.25) is 0 Å². The van der Waals surface area contributed by atoms with E-state index in [1.54, 1.807) is 12.1 Å². The molecule has 1 fully saturated rings. The van der Waals surface area contributed by atoms with Crippen molar-refractivity contribution in [2.75, 3.05) is 32.8 Å². The van der Waals surface area contributed by atoms with Gasteiger partial charge in [-0.15, -0.1) is 0 Å². The maximum absolute atomic E-state index is 12.8. The molecule has 1 unspecified atom stereocenters. The van der Waals surface area contributed by atoms with Gasteiger partial charge in [0, 0.05) is 31.2 Å². The van der Waals surface area contributed by atoms with Crippen molar-refractivity contribution >= 4 is 17.5 Å². The van der Waals surface area contributed by atoms with Crippen LogP contribution >= 0.6 is 11.6 Å². The Morgan fingerprint density at radius 1 is 1.39 bits per heavy atom. The number of carbonyl (C=O) groups is 1. The SMILES string of the molecule is CCCOc1c(Cl)cc(C(=O)N2CCNCC2C)cc1OCC. The van der Waals surface area contributed by atoms with Gasteiger partial charge in [-0.25, -0.2) is 0 Å². The van der Waals surface area contributed by atoms with Gasteiger partial charge in [-0.1, -0.05) is 18.5 Å². The average molecular weight is 341 g/mol. The van der Waals surface area contributed by atoms with Crippen LogP contribution in [0.15, 0.2) is 12.1 Å². The molecule has 1 aliphatic rings. The molecule has 128 valence electrons. The predicted molar refractivity (Wildman–Crippen MR) is 91.8 cm³/mol. The van der Waals surface area contributed by atoms with Gasteiger partial charge < -0.3 is 19.7 Å². The molecule has 0 aromatic heterocycles. The highest BCUT2D eigenvalue weighted by Crippen LogP contribution is 2.37. The van der Waals surface area contributed by atoms with Crippen LogP contribution in [0.2, 0.25) is 5.02 Å². The Labute approximate surface area is 142 Å². The van der Waals surface area contributed by atoms with Crippen molar-refractivity contribution < 1.29 is 14.3 Å². The average Bonchev–Trinajstić information content (AvgIpc) is 2.54. The summed E-state index contributed by atoms with van der Waals surface area (Å²) in [4.78, 5) is 14.7. The van der Waals surface area contributed by atoms with Crippen molar-refractivity contribution in [2.45, 2.75) is 33.2 Å². The van der Waals surface area contributed by atoms with Gasteiger partial charge in [0.1, 0.15) is 0 Å². The summed E-state index contributed by atoms with van der Waals surface area (Å²) in [6.45, 7) is 9.30. The molecule has 1 aromatic carbocycles. The van der Waals surface area contributed by atoms with Crippen LogP contribution in [0.25, 0.3) is 0 Å². The lowest BCUT2D eigenvalue weighted by Gasteiger charge is -2.34. The van der Waals surface area contributed by atoms with E-state index in [0.717, 1.165) is 19.5 Å². The summed E-state index contributed by atoms with van der Waals surface area (Å²) < 4.78 is 11.3. The van der Waals surface area contributed by atoms with E-state index in [-0.39, 0.29) is 11.9 Å². The minimum absolute atomic E-state index is 0.0242. The molecule has 1 saturated heterocycles. The Balaban J connectivity index is 2.29. The Morgan fingerprint density at radius 3 is 2.83 bits per heavy atom. The summed E-state index contributed by atoms with van der Waals surface area (Å²) in [5.74, 6) is 1.02. The molecular formula is C17H25ClN2O3. The van der Waals surface area contributed by atoms with Crippen LogP contribution < -0.4 is 14.8 Å². The van der Waals surface area contributed by atoms with Crippen molar-refractivity contribution in [3.05, 3.63) is 22.7 Å². The van der Waals surface area contributed by atoms with Crippen molar-refractivity contribution in [1.82, 2.24) is 10.2 Å². The van der Waals surface area contributed by atoms with Crippen LogP contribution in [0.3, 0.4) is 0 Å². The zero-order valence-corrected chi connectivity index (χ0v) is 14.8. The van der Waals surface area contributed by atoms with E-state index in [0.29, 0.717) is 41.8 Å². The fraction of sp³-hybridized carbons (Fsp3) is 0.588. The summed E-state index contributed by atoms with van der Waals surface area (Å²) in [5.41, 5.74) is 0.538. The monoisotopic (exact) mass is 340 g/mol. The number of nitrogens with one attached hydrogen (secondary N) is 1. The zero-order valence-electron chi connectivity index (χ0n) is 14.0. The molecule has 1 amide bonds. The maximum Gasteiger partial charge on any atom is 0.254 e. The first-order chi connectivity index (χ1) is 11.1. The van der Waals surface area contributed by atoms with Crippen LogP contribution in [0.5, 0.6) is 11.5 Å². The lowest BCUT2D eigenvalue weighted by Crippen LogP contribution is -2.52. The first kappa shape index (κ1) is 17.9. The fourth-order valence-corrected chi connectivity index (χ4v) is 2.87. The number of hydrogen-bond donors (Lipinski definition) is 1. The molecule has 23 heavy (non-hydrogen) atoms. The molecule has 1 heterocycles. The van der Waals surface area contributed by atoms with Crippen molar-refractivity contribution in [1.29, 1.82) is 0 Å². The molecule has 0 saturated carbocycles. The number of amides is 1. The maximum atomic E-state index is 12.8. The third kappa shape index (κ3) is 4.30. The number of rotatable bonds is 6. The Morgan fingerprint density at radius 2 is 2.17 bits per heavy atom. The van der Waals surface area contributed by atoms with Crippen molar-refractivity contribution in [3.8, 4) is 11.5 Å². The lowest BCUT2D eigenvalue weighted by molar-refractivity contribution is 0.0655. The number of hydrogen-bond acceptors (Lipinski definition) is 4. The van der Waals surface area contributed by atoms with Crippen molar-refractivity contribution in [3.63, 3.8) is 0 Å². The first-order valence-corrected chi connectivity index (χ1v) is 8.57. The van der Waals surface area contributed by atoms with Crippen LogP contribution in [-0.2, 0) is 0 Å². The predicted octanol–water partition coefficient (Wildman–Crippen LogP) is 2.96. The van der Waals surface area contributed by atoms with Crippen LogP contribution in [0, 0.1) is 0 Å². The first-order valence-electron chi connectivity index (χ1n) is 8.19. The van der Waals surface area contributed by atoms with Gasteiger partial charge in [-0.3, -0.25) is 4.79 Å². The van der Waals surface area contributed by atoms with Gasteiger partial charge in [0.05, 0.1) is 18.2 Å². The highest BCUT2D eigenvalue weighted by molar-refractivity contribution is 6.32. The molecule has 1 aliphatic heterocycles. The van der Waals surface area contributed by atoms with Crippen LogP contribution in [-0.4, -0.2) is 49.7 Å². The van der Waals surface area contributed by atoms with Gasteiger partial charge in [0.15, 0.2) is 11.5 Å².